The largest absolute Gasteiger partial charge is 0.490 e. The summed E-state index contributed by atoms with van der Waals surface area (Å²) in [5, 5.41) is 31.4. The van der Waals surface area contributed by atoms with E-state index in [-0.39, 0.29) is 67.4 Å². The summed E-state index contributed by atoms with van der Waals surface area (Å²) >= 11 is 7.95. The predicted octanol–water partition coefficient (Wildman–Crippen LogP) is 8.18. The number of nitrogens with one attached hydrogen (secondary N) is 3. The molecule has 1 aliphatic carbocycles. The molecule has 6 atom stereocenters. The van der Waals surface area contributed by atoms with Gasteiger partial charge in [0.1, 0.15) is 40.6 Å². The lowest BCUT2D eigenvalue weighted by molar-refractivity contribution is -0.140. The molecule has 0 radical (unpaired) electrons. The van der Waals surface area contributed by atoms with E-state index in [2.05, 4.69) is 76.2 Å². The van der Waals surface area contributed by atoms with E-state index in [4.69, 9.17) is 21.3 Å². The summed E-state index contributed by atoms with van der Waals surface area (Å²) in [6.07, 6.45) is 4.89. The molecule has 4 N–H and O–H groups in total. The Morgan fingerprint density at radius 2 is 1.61 bits per heavy atom. The van der Waals surface area contributed by atoms with Gasteiger partial charge in [-0.2, -0.15) is 0 Å². The van der Waals surface area contributed by atoms with Crippen molar-refractivity contribution in [3.8, 4) is 16.4 Å². The molecule has 5 heterocycles. The van der Waals surface area contributed by atoms with Crippen molar-refractivity contribution in [1.29, 1.82) is 0 Å². The monoisotopic (exact) mass is 1010 g/mol. The molecule has 1 saturated carbocycles. The van der Waals surface area contributed by atoms with Crippen LogP contribution in [0.3, 0.4) is 0 Å². The number of carbonyl (C=O) groups is 3. The van der Waals surface area contributed by atoms with Crippen LogP contribution >= 0.6 is 22.9 Å². The highest BCUT2D eigenvalue weighted by Gasteiger charge is 2.44. The smallest absolute Gasteiger partial charge is 0.246 e. The van der Waals surface area contributed by atoms with E-state index in [1.807, 2.05) is 105 Å². The number of hydrogen-bond donors (Lipinski definition) is 4. The minimum Gasteiger partial charge on any atom is -0.490 e. The Hall–Kier alpha value is -6.20. The number of aliphatic hydroxyl groups excluding tert-OH is 1. The lowest BCUT2D eigenvalue weighted by Crippen LogP contribution is -2.58. The number of thiophene rings is 1. The molecule has 2 fully saturated rings. The van der Waals surface area contributed by atoms with E-state index < -0.39 is 23.6 Å². The number of aliphatic imine (C=N–C) groups is 1. The number of hydrogen-bond acceptors (Lipinski definition) is 11. The SMILES string of the molecule is Cc1sc2c(c1C)C(c1ccc(Cl)cc1)=N[C@@H](CC(=O)NC1CC(Oc3ccc(CC(=O)N[C@H](C(=O)N4C[C@H](O)CC4C(C)N[C@@H](C)c4ccc(-n5ccnc5C)cc4)C(C)(C)C)cc3)C1)c1nnc(C)n1-2. The molecule has 1 saturated heterocycles. The number of aliphatic hydroxyl groups is 1. The first-order valence-electron chi connectivity index (χ1n) is 24.9. The van der Waals surface area contributed by atoms with Gasteiger partial charge in [0.15, 0.2) is 5.82 Å². The maximum Gasteiger partial charge on any atom is 0.246 e. The van der Waals surface area contributed by atoms with Crippen LogP contribution in [0.15, 0.2) is 90.2 Å². The van der Waals surface area contributed by atoms with Crippen LogP contribution in [-0.4, -0.2) is 101 Å². The number of nitrogens with zero attached hydrogens (tertiary/aromatic N) is 7. The molecule has 72 heavy (non-hydrogen) atoms. The van der Waals surface area contributed by atoms with Crippen molar-refractivity contribution in [2.75, 3.05) is 6.54 Å². The number of β-amino-alcohol motifs (C(OH)–C–C–N with tert-alkyl or cyclic N) is 1. The molecule has 0 spiro atoms. The van der Waals surface area contributed by atoms with Gasteiger partial charge < -0.3 is 35.3 Å². The molecule has 3 aromatic carbocycles. The molecule has 3 aliphatic rings. The highest BCUT2D eigenvalue weighted by molar-refractivity contribution is 7.15. The number of rotatable bonds is 15. The molecule has 378 valence electrons. The zero-order valence-electron chi connectivity index (χ0n) is 42.4. The molecule has 0 bridgehead atoms. The standard InChI is InChI=1S/C55H65ClN10O5S/c1-30-33(4)72-54-49(30)50(38-12-16-39(56)17-13-38)60-45(52-63-62-35(6)66(52)54)28-48(69)59-40-25-44(26-40)71-43-20-10-36(11-21-43)24-47(68)61-51(55(7,8)9)53(70)65-29-42(67)27-46(65)32(3)58-31(2)37-14-18-41(19-15-37)64-23-22-57-34(64)5/h10-23,31-32,40,42,44-46,51,58,67H,24-29H2,1-9H3,(H,59,69)(H,61,68)/t31-,32?,40?,42+,44?,45-,46?,51+/m0/s1. The third-order valence-corrected chi connectivity index (χ3v) is 15.8. The average Bonchev–Trinajstić information content (AvgIpc) is 4.10. The first-order valence-corrected chi connectivity index (χ1v) is 26.1. The van der Waals surface area contributed by atoms with Crippen LogP contribution in [0.4, 0.5) is 0 Å². The Labute approximate surface area is 430 Å². The third kappa shape index (κ3) is 10.8. The lowest BCUT2D eigenvalue weighted by Gasteiger charge is -2.38. The van der Waals surface area contributed by atoms with Crippen molar-refractivity contribution in [3.05, 3.63) is 140 Å². The number of halogens is 1. The van der Waals surface area contributed by atoms with Crippen molar-refractivity contribution < 1.29 is 24.2 Å². The number of imidazole rings is 1. The van der Waals surface area contributed by atoms with Crippen LogP contribution in [0, 0.1) is 33.1 Å². The number of amides is 3. The van der Waals surface area contributed by atoms with Crippen LogP contribution < -0.4 is 20.7 Å². The molecule has 3 amide bonds. The minimum absolute atomic E-state index is 0.0177. The second kappa shape index (κ2) is 20.7. The van der Waals surface area contributed by atoms with E-state index in [1.54, 1.807) is 22.4 Å². The Morgan fingerprint density at radius 3 is 2.28 bits per heavy atom. The zero-order chi connectivity index (χ0) is 51.2. The Kier molecular flexibility index (Phi) is 14.6. The van der Waals surface area contributed by atoms with Gasteiger partial charge in [0.25, 0.3) is 0 Å². The van der Waals surface area contributed by atoms with Gasteiger partial charge in [0.05, 0.1) is 24.7 Å². The Balaban J connectivity index is 0.768. The maximum absolute atomic E-state index is 14.4. The summed E-state index contributed by atoms with van der Waals surface area (Å²) in [7, 11) is 0. The molecule has 3 aromatic heterocycles. The van der Waals surface area contributed by atoms with Crippen LogP contribution in [0.25, 0.3) is 10.7 Å². The fourth-order valence-electron chi connectivity index (χ4n) is 10.2. The number of fused-ring (bicyclic) bond motifs is 3. The van der Waals surface area contributed by atoms with E-state index in [1.165, 1.54) is 4.88 Å². The van der Waals surface area contributed by atoms with E-state index in [0.29, 0.717) is 35.9 Å². The number of aryl methyl sites for hydroxylation is 3. The van der Waals surface area contributed by atoms with Crippen LogP contribution in [0.5, 0.6) is 5.75 Å². The van der Waals surface area contributed by atoms with Crippen molar-refractivity contribution in [2.45, 2.75) is 143 Å². The van der Waals surface area contributed by atoms with Crippen molar-refractivity contribution in [1.82, 2.24) is 45.2 Å². The Bertz CT molecular complexity index is 2970. The van der Waals surface area contributed by atoms with Gasteiger partial charge in [0, 0.05) is 82.7 Å². The number of ether oxygens (including phenoxy) is 1. The fraction of sp³-hybridized carbons (Fsp3) is 0.436. The summed E-state index contributed by atoms with van der Waals surface area (Å²) in [6.45, 7) is 18.3. The first kappa shape index (κ1) is 50.7. The van der Waals surface area contributed by atoms with Gasteiger partial charge in [-0.1, -0.05) is 68.8 Å². The quantitative estimate of drug-likeness (QED) is 0.0789. The van der Waals surface area contributed by atoms with Crippen LogP contribution in [0.1, 0.15) is 123 Å². The van der Waals surface area contributed by atoms with Gasteiger partial charge in [-0.05, 0) is 106 Å². The number of benzene rings is 3. The topological polar surface area (TPSA) is 181 Å². The third-order valence-electron chi connectivity index (χ3n) is 14.4. The number of likely N-dealkylation sites (tertiary alicyclic amines) is 1. The summed E-state index contributed by atoms with van der Waals surface area (Å²) in [4.78, 5) is 54.3. The summed E-state index contributed by atoms with van der Waals surface area (Å²) < 4.78 is 10.4. The summed E-state index contributed by atoms with van der Waals surface area (Å²) in [5.74, 6) is 2.35. The molecule has 9 rings (SSSR count). The van der Waals surface area contributed by atoms with Crippen molar-refractivity contribution in [3.63, 3.8) is 0 Å². The first-order chi connectivity index (χ1) is 34.3. The fourth-order valence-corrected chi connectivity index (χ4v) is 11.6. The lowest BCUT2D eigenvalue weighted by atomic mass is 9.85. The molecule has 6 aromatic rings. The maximum atomic E-state index is 14.4. The highest BCUT2D eigenvalue weighted by Crippen LogP contribution is 2.40. The van der Waals surface area contributed by atoms with Gasteiger partial charge >= 0.3 is 0 Å². The van der Waals surface area contributed by atoms with Gasteiger partial charge in [0.2, 0.25) is 17.7 Å². The van der Waals surface area contributed by atoms with Gasteiger partial charge in [-0.25, -0.2) is 4.98 Å². The summed E-state index contributed by atoms with van der Waals surface area (Å²) in [5.41, 5.74) is 6.18. The van der Waals surface area contributed by atoms with Crippen LogP contribution in [-0.2, 0) is 20.8 Å². The van der Waals surface area contributed by atoms with Crippen molar-refractivity contribution in [2.24, 2.45) is 10.4 Å². The second-order valence-electron chi connectivity index (χ2n) is 20.8. The molecule has 2 unspecified atom stereocenters. The number of carbonyl (C=O) groups excluding carboxylic acids is 3. The van der Waals surface area contributed by atoms with Crippen LogP contribution in [0.2, 0.25) is 5.02 Å². The molecular formula is C55H65ClN10O5S. The van der Waals surface area contributed by atoms with Gasteiger partial charge in [-0.15, -0.1) is 21.5 Å². The van der Waals surface area contributed by atoms with E-state index in [0.717, 1.165) is 55.9 Å². The summed E-state index contributed by atoms with van der Waals surface area (Å²) in [6, 6.07) is 21.5. The Morgan fingerprint density at radius 1 is 0.903 bits per heavy atom. The molecule has 15 nitrogen and oxygen atoms in total. The molecule has 2 aliphatic heterocycles. The predicted molar refractivity (Wildman–Crippen MR) is 280 cm³/mol. The average molecular weight is 1010 g/mol. The van der Waals surface area contributed by atoms with E-state index >= 15 is 0 Å². The zero-order valence-corrected chi connectivity index (χ0v) is 44.0. The minimum atomic E-state index is -0.810. The van der Waals surface area contributed by atoms with Crippen molar-refractivity contribution >= 4 is 46.4 Å². The highest BCUT2D eigenvalue weighted by atomic mass is 35.5. The second-order valence-corrected chi connectivity index (χ2v) is 22.5. The number of aromatic nitrogens is 5. The van der Waals surface area contributed by atoms with E-state index in [9.17, 15) is 19.5 Å². The molecule has 17 heteroatoms. The molecular weight excluding hydrogens is 948 g/mol. The van der Waals surface area contributed by atoms with Gasteiger partial charge in [-0.3, -0.25) is 23.9 Å². The normalized spacial score (nSPS) is 20.8.